The predicted molar refractivity (Wildman–Crippen MR) is 113 cm³/mol. The first-order chi connectivity index (χ1) is 13.5. The molecule has 4 rings (SSSR count). The molecule has 1 N–H and O–H groups in total. The van der Waals surface area contributed by atoms with Crippen molar-refractivity contribution in [3.05, 3.63) is 69.3 Å². The van der Waals surface area contributed by atoms with Gasteiger partial charge in [-0.3, -0.25) is 9.78 Å². The standard InChI is InChI=1S/C21H16BrClN2O3/c1-12-15(5-6-17(24-12)13-3-2-4-14(22)9-13)21(26)25-18-11-20-19(10-16(18)23)27-7-8-28-20/h2-6,9-11H,7-8H2,1H3,(H,25,26). The van der Waals surface area contributed by atoms with Crippen molar-refractivity contribution >= 4 is 39.1 Å². The largest absolute Gasteiger partial charge is 0.486 e. The van der Waals surface area contributed by atoms with Gasteiger partial charge >= 0.3 is 0 Å². The molecule has 1 aliphatic heterocycles. The molecule has 1 aliphatic rings. The van der Waals surface area contributed by atoms with Crippen LogP contribution in [0.3, 0.4) is 0 Å². The normalized spacial score (nSPS) is 12.5. The number of carbonyl (C=O) groups excluding carboxylic acids is 1. The summed E-state index contributed by atoms with van der Waals surface area (Å²) in [5.41, 5.74) is 3.34. The second-order valence-electron chi connectivity index (χ2n) is 6.27. The van der Waals surface area contributed by atoms with Gasteiger partial charge in [-0.2, -0.15) is 0 Å². The van der Waals surface area contributed by atoms with Crippen molar-refractivity contribution in [1.29, 1.82) is 0 Å². The molecular weight excluding hydrogens is 444 g/mol. The van der Waals surface area contributed by atoms with Crippen molar-refractivity contribution in [1.82, 2.24) is 4.98 Å². The number of pyridine rings is 1. The lowest BCUT2D eigenvalue weighted by molar-refractivity contribution is 0.102. The quantitative estimate of drug-likeness (QED) is 0.562. The molecule has 28 heavy (non-hydrogen) atoms. The average molecular weight is 460 g/mol. The minimum absolute atomic E-state index is 0.288. The molecule has 0 saturated heterocycles. The van der Waals surface area contributed by atoms with E-state index in [0.717, 1.165) is 15.7 Å². The third-order valence-corrected chi connectivity index (χ3v) is 5.14. The predicted octanol–water partition coefficient (Wildman–Crippen LogP) is 5.50. The van der Waals surface area contributed by atoms with Crippen LogP contribution >= 0.6 is 27.5 Å². The molecule has 0 atom stereocenters. The minimum Gasteiger partial charge on any atom is -0.486 e. The van der Waals surface area contributed by atoms with E-state index in [9.17, 15) is 4.79 Å². The lowest BCUT2D eigenvalue weighted by Crippen LogP contribution is -2.17. The fourth-order valence-electron chi connectivity index (χ4n) is 2.96. The zero-order chi connectivity index (χ0) is 19.7. The van der Waals surface area contributed by atoms with Crippen molar-refractivity contribution in [2.45, 2.75) is 6.92 Å². The smallest absolute Gasteiger partial charge is 0.257 e. The zero-order valence-electron chi connectivity index (χ0n) is 15.0. The maximum Gasteiger partial charge on any atom is 0.257 e. The van der Waals surface area contributed by atoms with Crippen LogP contribution in [0.4, 0.5) is 5.69 Å². The Morgan fingerprint density at radius 1 is 1.11 bits per heavy atom. The Morgan fingerprint density at radius 2 is 1.86 bits per heavy atom. The van der Waals surface area contributed by atoms with Gasteiger partial charge in [-0.1, -0.05) is 39.7 Å². The van der Waals surface area contributed by atoms with Gasteiger partial charge in [0, 0.05) is 22.2 Å². The number of amides is 1. The van der Waals surface area contributed by atoms with E-state index in [0.29, 0.717) is 46.7 Å². The number of benzene rings is 2. The number of hydrogen-bond acceptors (Lipinski definition) is 4. The van der Waals surface area contributed by atoms with Gasteiger partial charge in [-0.15, -0.1) is 0 Å². The Kier molecular flexibility index (Phi) is 5.24. The summed E-state index contributed by atoms with van der Waals surface area (Å²) < 4.78 is 12.0. The Bertz CT molecular complexity index is 1070. The van der Waals surface area contributed by atoms with Crippen molar-refractivity contribution in [2.24, 2.45) is 0 Å². The van der Waals surface area contributed by atoms with Gasteiger partial charge in [-0.25, -0.2) is 0 Å². The summed E-state index contributed by atoms with van der Waals surface area (Å²) in [4.78, 5) is 17.3. The molecule has 0 aliphatic carbocycles. The molecule has 1 aromatic heterocycles. The van der Waals surface area contributed by atoms with E-state index in [1.54, 1.807) is 18.2 Å². The molecule has 1 amide bonds. The van der Waals surface area contributed by atoms with E-state index in [1.165, 1.54) is 0 Å². The number of rotatable bonds is 3. The molecule has 7 heteroatoms. The van der Waals surface area contributed by atoms with Crippen LogP contribution in [-0.4, -0.2) is 24.1 Å². The second kappa shape index (κ2) is 7.81. The number of aromatic nitrogens is 1. The molecule has 0 fully saturated rings. The first kappa shape index (κ1) is 18.8. The summed E-state index contributed by atoms with van der Waals surface area (Å²) in [5.74, 6) is 0.848. The van der Waals surface area contributed by atoms with E-state index in [2.05, 4.69) is 26.2 Å². The summed E-state index contributed by atoms with van der Waals surface area (Å²) in [6.07, 6.45) is 0. The van der Waals surface area contributed by atoms with Crippen molar-refractivity contribution < 1.29 is 14.3 Å². The van der Waals surface area contributed by atoms with E-state index in [1.807, 2.05) is 37.3 Å². The van der Waals surface area contributed by atoms with Gasteiger partial charge in [0.15, 0.2) is 11.5 Å². The number of anilines is 1. The molecule has 0 saturated carbocycles. The van der Waals surface area contributed by atoms with Crippen molar-refractivity contribution in [2.75, 3.05) is 18.5 Å². The molecule has 0 spiro atoms. The van der Waals surface area contributed by atoms with E-state index >= 15 is 0 Å². The summed E-state index contributed by atoms with van der Waals surface area (Å²) in [5, 5.41) is 3.22. The van der Waals surface area contributed by atoms with Crippen LogP contribution in [-0.2, 0) is 0 Å². The Hall–Kier alpha value is -2.57. The number of fused-ring (bicyclic) bond motifs is 1. The van der Waals surface area contributed by atoms with Gasteiger partial charge in [-0.05, 0) is 31.2 Å². The van der Waals surface area contributed by atoms with E-state index < -0.39 is 0 Å². The van der Waals surface area contributed by atoms with Gasteiger partial charge in [0.2, 0.25) is 0 Å². The number of hydrogen-bond donors (Lipinski definition) is 1. The monoisotopic (exact) mass is 458 g/mol. The lowest BCUT2D eigenvalue weighted by Gasteiger charge is -2.20. The molecule has 2 heterocycles. The molecule has 0 radical (unpaired) electrons. The van der Waals surface area contributed by atoms with E-state index in [4.69, 9.17) is 21.1 Å². The molecule has 142 valence electrons. The highest BCUT2D eigenvalue weighted by Gasteiger charge is 2.18. The summed E-state index contributed by atoms with van der Waals surface area (Å²) in [7, 11) is 0. The van der Waals surface area contributed by atoms with Gasteiger partial charge < -0.3 is 14.8 Å². The first-order valence-electron chi connectivity index (χ1n) is 8.65. The molecular formula is C21H16BrClN2O3. The minimum atomic E-state index is -0.288. The van der Waals surface area contributed by atoms with Crippen LogP contribution in [0.2, 0.25) is 5.02 Å². The van der Waals surface area contributed by atoms with Crippen LogP contribution in [0, 0.1) is 6.92 Å². The number of nitrogens with zero attached hydrogens (tertiary/aromatic N) is 1. The van der Waals surface area contributed by atoms with Crippen LogP contribution in [0.1, 0.15) is 16.1 Å². The summed E-state index contributed by atoms with van der Waals surface area (Å²) in [6, 6.07) is 14.8. The number of carbonyl (C=O) groups is 1. The maximum atomic E-state index is 12.8. The summed E-state index contributed by atoms with van der Waals surface area (Å²) >= 11 is 9.74. The average Bonchev–Trinajstić information content (AvgIpc) is 2.68. The SMILES string of the molecule is Cc1nc(-c2cccc(Br)c2)ccc1C(=O)Nc1cc2c(cc1Cl)OCCO2. The number of nitrogens with one attached hydrogen (secondary N) is 1. The molecule has 5 nitrogen and oxygen atoms in total. The van der Waals surface area contributed by atoms with Crippen LogP contribution in [0.15, 0.2) is 53.0 Å². The highest BCUT2D eigenvalue weighted by molar-refractivity contribution is 9.10. The Labute approximate surface area is 175 Å². The number of ether oxygens (including phenoxy) is 2. The van der Waals surface area contributed by atoms with Crippen molar-refractivity contribution in [3.63, 3.8) is 0 Å². The molecule has 0 bridgehead atoms. The van der Waals surface area contributed by atoms with Gasteiger partial charge in [0.25, 0.3) is 5.91 Å². The third kappa shape index (κ3) is 3.84. The molecule has 3 aromatic rings. The second-order valence-corrected chi connectivity index (χ2v) is 7.59. The van der Waals surface area contributed by atoms with Gasteiger partial charge in [0.05, 0.1) is 27.7 Å². The first-order valence-corrected chi connectivity index (χ1v) is 9.82. The number of aryl methyl sites for hydroxylation is 1. The maximum absolute atomic E-state index is 12.8. The van der Waals surface area contributed by atoms with Crippen LogP contribution in [0.25, 0.3) is 11.3 Å². The Morgan fingerprint density at radius 3 is 2.57 bits per heavy atom. The summed E-state index contributed by atoms with van der Waals surface area (Å²) in [6.45, 7) is 2.74. The molecule has 2 aromatic carbocycles. The highest BCUT2D eigenvalue weighted by Crippen LogP contribution is 2.38. The third-order valence-electron chi connectivity index (χ3n) is 4.33. The lowest BCUT2D eigenvalue weighted by atomic mass is 10.1. The van der Waals surface area contributed by atoms with Crippen LogP contribution in [0.5, 0.6) is 11.5 Å². The fraction of sp³-hybridized carbons (Fsp3) is 0.143. The fourth-order valence-corrected chi connectivity index (χ4v) is 3.56. The van der Waals surface area contributed by atoms with Gasteiger partial charge in [0.1, 0.15) is 13.2 Å². The topological polar surface area (TPSA) is 60.5 Å². The molecule has 0 unspecified atom stereocenters. The van der Waals surface area contributed by atoms with E-state index in [-0.39, 0.29) is 5.91 Å². The highest BCUT2D eigenvalue weighted by atomic mass is 79.9. The Balaban J connectivity index is 1.59. The number of halogens is 2. The van der Waals surface area contributed by atoms with Crippen LogP contribution < -0.4 is 14.8 Å². The zero-order valence-corrected chi connectivity index (χ0v) is 17.3. The van der Waals surface area contributed by atoms with Crippen molar-refractivity contribution in [3.8, 4) is 22.8 Å².